The van der Waals surface area contributed by atoms with Crippen molar-refractivity contribution >= 4 is 0 Å². The Labute approximate surface area is 165 Å². The van der Waals surface area contributed by atoms with Crippen LogP contribution in [0.1, 0.15) is 5.56 Å². The molecule has 4 rings (SSSR count). The molecule has 4 aromatic rings. The van der Waals surface area contributed by atoms with Crippen LogP contribution < -0.4 is 9.47 Å². The van der Waals surface area contributed by atoms with E-state index in [0.29, 0.717) is 6.54 Å². The van der Waals surface area contributed by atoms with Gasteiger partial charge in [-0.3, -0.25) is 4.68 Å². The van der Waals surface area contributed by atoms with E-state index in [4.69, 9.17) is 14.6 Å². The van der Waals surface area contributed by atoms with Crippen LogP contribution in [0.2, 0.25) is 0 Å². The van der Waals surface area contributed by atoms with Crippen LogP contribution >= 0.6 is 0 Å². The molecule has 4 nitrogen and oxygen atoms in total. The van der Waals surface area contributed by atoms with E-state index >= 15 is 0 Å². The Bertz CT molecular complexity index is 1040. The molecule has 0 saturated carbocycles. The van der Waals surface area contributed by atoms with Gasteiger partial charge in [-0.15, -0.1) is 0 Å². The van der Waals surface area contributed by atoms with Crippen LogP contribution in [0.4, 0.5) is 0 Å². The molecule has 0 aliphatic rings. The first-order valence-electron chi connectivity index (χ1n) is 9.17. The minimum atomic E-state index is 0.707. The fraction of sp³-hybridized carbons (Fsp3) is 0.125. The second-order valence-corrected chi connectivity index (χ2v) is 6.52. The molecule has 140 valence electrons. The lowest BCUT2D eigenvalue weighted by Gasteiger charge is -2.08. The summed E-state index contributed by atoms with van der Waals surface area (Å²) >= 11 is 0. The van der Waals surface area contributed by atoms with Crippen molar-refractivity contribution in [3.63, 3.8) is 0 Å². The highest BCUT2D eigenvalue weighted by molar-refractivity contribution is 5.69. The predicted molar refractivity (Wildman–Crippen MR) is 112 cm³/mol. The minimum absolute atomic E-state index is 0.707. The van der Waals surface area contributed by atoms with E-state index in [0.717, 1.165) is 34.0 Å². The predicted octanol–water partition coefficient (Wildman–Crippen LogP) is 5.28. The maximum atomic E-state index is 5.29. The first kappa shape index (κ1) is 17.9. The molecule has 0 atom stereocenters. The fourth-order valence-electron chi connectivity index (χ4n) is 3.19. The van der Waals surface area contributed by atoms with Crippen molar-refractivity contribution < 1.29 is 9.47 Å². The lowest BCUT2D eigenvalue weighted by molar-refractivity contribution is 0.414. The van der Waals surface area contributed by atoms with Gasteiger partial charge in [-0.05, 0) is 60.2 Å². The summed E-state index contributed by atoms with van der Waals surface area (Å²) in [5, 5.41) is 4.89. The number of nitrogens with zero attached hydrogens (tertiary/aromatic N) is 2. The van der Waals surface area contributed by atoms with Gasteiger partial charge in [0, 0.05) is 11.1 Å². The minimum Gasteiger partial charge on any atom is -0.497 e. The van der Waals surface area contributed by atoms with Crippen molar-refractivity contribution in [1.82, 2.24) is 9.78 Å². The number of hydrogen-bond acceptors (Lipinski definition) is 3. The monoisotopic (exact) mass is 370 g/mol. The Hall–Kier alpha value is -3.53. The van der Waals surface area contributed by atoms with Crippen molar-refractivity contribution in [1.29, 1.82) is 0 Å². The molecule has 0 aliphatic carbocycles. The molecule has 1 heterocycles. The smallest absolute Gasteiger partial charge is 0.118 e. The summed E-state index contributed by atoms with van der Waals surface area (Å²) in [6.07, 6.45) is 0. The fourth-order valence-corrected chi connectivity index (χ4v) is 3.19. The molecule has 0 unspecified atom stereocenters. The number of benzene rings is 3. The van der Waals surface area contributed by atoms with Crippen molar-refractivity contribution in [2.45, 2.75) is 6.54 Å². The lowest BCUT2D eigenvalue weighted by Crippen LogP contribution is -2.03. The molecule has 0 aliphatic heterocycles. The zero-order valence-electron chi connectivity index (χ0n) is 16.0. The molecule has 1 aromatic heterocycles. The third-order valence-electron chi connectivity index (χ3n) is 4.73. The summed E-state index contributed by atoms with van der Waals surface area (Å²) in [5.41, 5.74) is 5.37. The molecule has 0 saturated heterocycles. The summed E-state index contributed by atoms with van der Waals surface area (Å²) in [5.74, 6) is 1.68. The number of rotatable bonds is 6. The van der Waals surface area contributed by atoms with Gasteiger partial charge in [0.05, 0.1) is 32.2 Å². The van der Waals surface area contributed by atoms with Crippen molar-refractivity contribution in [2.75, 3.05) is 14.2 Å². The molecule has 0 radical (unpaired) electrons. The topological polar surface area (TPSA) is 36.3 Å². The van der Waals surface area contributed by atoms with E-state index in [1.54, 1.807) is 14.2 Å². The molecule has 0 spiro atoms. The Morgan fingerprint density at radius 3 is 1.86 bits per heavy atom. The number of hydrogen-bond donors (Lipinski definition) is 0. The van der Waals surface area contributed by atoms with E-state index in [2.05, 4.69) is 47.1 Å². The second-order valence-electron chi connectivity index (χ2n) is 6.52. The van der Waals surface area contributed by atoms with E-state index in [-0.39, 0.29) is 0 Å². The highest BCUT2D eigenvalue weighted by Crippen LogP contribution is 2.29. The number of ether oxygens (including phenoxy) is 2. The van der Waals surface area contributed by atoms with Crippen LogP contribution in [-0.4, -0.2) is 24.0 Å². The van der Waals surface area contributed by atoms with Crippen molar-refractivity contribution in [3.8, 4) is 34.0 Å². The Morgan fingerprint density at radius 2 is 1.29 bits per heavy atom. The number of aromatic nitrogens is 2. The van der Waals surface area contributed by atoms with E-state index in [1.807, 2.05) is 42.5 Å². The molecular weight excluding hydrogens is 348 g/mol. The quantitative estimate of drug-likeness (QED) is 0.463. The summed E-state index contributed by atoms with van der Waals surface area (Å²) in [6, 6.07) is 28.6. The van der Waals surface area contributed by atoms with Gasteiger partial charge >= 0.3 is 0 Å². The van der Waals surface area contributed by atoms with E-state index < -0.39 is 0 Å². The standard InChI is InChI=1S/C24H22N2O2/c1-27-21-12-8-19(9-13-21)23-16-24(20-10-14-22(28-2)15-11-20)26(25-23)17-18-6-4-3-5-7-18/h3-16H,17H2,1-2H3. The molecule has 4 heteroatoms. The summed E-state index contributed by atoms with van der Waals surface area (Å²) in [6.45, 7) is 0.707. The average Bonchev–Trinajstić information content (AvgIpc) is 3.18. The first-order valence-corrected chi connectivity index (χ1v) is 9.17. The summed E-state index contributed by atoms with van der Waals surface area (Å²) < 4.78 is 12.6. The van der Waals surface area contributed by atoms with Crippen LogP contribution in [0.15, 0.2) is 84.9 Å². The molecule has 0 bridgehead atoms. The molecule has 28 heavy (non-hydrogen) atoms. The number of methoxy groups -OCH3 is 2. The highest BCUT2D eigenvalue weighted by Gasteiger charge is 2.12. The third-order valence-corrected chi connectivity index (χ3v) is 4.73. The normalized spacial score (nSPS) is 10.6. The maximum Gasteiger partial charge on any atom is 0.118 e. The Kier molecular flexibility index (Phi) is 5.11. The van der Waals surface area contributed by atoms with Gasteiger partial charge in [-0.25, -0.2) is 0 Å². The first-order chi connectivity index (χ1) is 13.8. The molecule has 0 fully saturated rings. The Balaban J connectivity index is 1.75. The second kappa shape index (κ2) is 8.01. The molecule has 3 aromatic carbocycles. The van der Waals surface area contributed by atoms with Crippen LogP contribution in [-0.2, 0) is 6.54 Å². The van der Waals surface area contributed by atoms with Gasteiger partial charge in [0.25, 0.3) is 0 Å². The van der Waals surface area contributed by atoms with Crippen molar-refractivity contribution in [3.05, 3.63) is 90.5 Å². The highest BCUT2D eigenvalue weighted by atomic mass is 16.5. The average molecular weight is 370 g/mol. The SMILES string of the molecule is COc1ccc(-c2cc(-c3ccc(OC)cc3)n(Cc3ccccc3)n2)cc1. The molecular formula is C24H22N2O2. The van der Waals surface area contributed by atoms with Crippen LogP contribution in [0.25, 0.3) is 22.5 Å². The van der Waals surface area contributed by atoms with Gasteiger partial charge in [0.15, 0.2) is 0 Å². The van der Waals surface area contributed by atoms with Crippen molar-refractivity contribution in [2.24, 2.45) is 0 Å². The summed E-state index contributed by atoms with van der Waals surface area (Å²) in [4.78, 5) is 0. The molecule has 0 N–H and O–H groups in total. The lowest BCUT2D eigenvalue weighted by atomic mass is 10.1. The van der Waals surface area contributed by atoms with Crippen LogP contribution in [0, 0.1) is 0 Å². The Morgan fingerprint density at radius 1 is 0.714 bits per heavy atom. The van der Waals surface area contributed by atoms with E-state index in [9.17, 15) is 0 Å². The molecule has 0 amide bonds. The third kappa shape index (κ3) is 3.76. The van der Waals surface area contributed by atoms with Crippen LogP contribution in [0.5, 0.6) is 11.5 Å². The maximum absolute atomic E-state index is 5.29. The van der Waals surface area contributed by atoms with E-state index in [1.165, 1.54) is 5.56 Å². The zero-order chi connectivity index (χ0) is 19.3. The summed E-state index contributed by atoms with van der Waals surface area (Å²) in [7, 11) is 3.35. The van der Waals surface area contributed by atoms with Gasteiger partial charge in [-0.2, -0.15) is 5.10 Å². The van der Waals surface area contributed by atoms with Gasteiger partial charge < -0.3 is 9.47 Å². The zero-order valence-corrected chi connectivity index (χ0v) is 16.0. The van der Waals surface area contributed by atoms with Gasteiger partial charge in [-0.1, -0.05) is 30.3 Å². The largest absolute Gasteiger partial charge is 0.497 e. The van der Waals surface area contributed by atoms with Crippen LogP contribution in [0.3, 0.4) is 0 Å². The van der Waals surface area contributed by atoms with Gasteiger partial charge in [0.1, 0.15) is 11.5 Å². The van der Waals surface area contributed by atoms with Gasteiger partial charge in [0.2, 0.25) is 0 Å².